The lowest BCUT2D eigenvalue weighted by molar-refractivity contribution is -0.165. The zero-order chi connectivity index (χ0) is 18.6. The minimum Gasteiger partial charge on any atom is -0.453 e. The molecule has 134 valence electrons. The maximum absolute atomic E-state index is 12.7. The van der Waals surface area contributed by atoms with Crippen LogP contribution in [0, 0.1) is 0 Å². The summed E-state index contributed by atoms with van der Waals surface area (Å²) in [7, 11) is 0. The number of imide groups is 1. The van der Waals surface area contributed by atoms with E-state index in [4.69, 9.17) is 4.74 Å². The molecule has 0 spiro atoms. The molecule has 1 fully saturated rings. The summed E-state index contributed by atoms with van der Waals surface area (Å²) in [5, 5.41) is 13.7. The highest BCUT2D eigenvalue weighted by Crippen LogP contribution is 2.31. The van der Waals surface area contributed by atoms with Gasteiger partial charge in [0.25, 0.3) is 5.91 Å². The number of nitrogens with zero attached hydrogens (tertiary/aromatic N) is 1. The minimum absolute atomic E-state index is 0.219. The predicted molar refractivity (Wildman–Crippen MR) is 92.0 cm³/mol. The van der Waals surface area contributed by atoms with Gasteiger partial charge in [0.2, 0.25) is 5.60 Å². The number of aliphatic hydroxyl groups is 1. The molecule has 0 bridgehead atoms. The monoisotopic (exact) mass is 354 g/mol. The summed E-state index contributed by atoms with van der Waals surface area (Å²) in [6, 6.07) is 16.2. The molecule has 7 nitrogen and oxygen atoms in total. The summed E-state index contributed by atoms with van der Waals surface area (Å²) in [5.41, 5.74) is -1.42. The van der Waals surface area contributed by atoms with Gasteiger partial charge in [0.15, 0.2) is 6.61 Å². The van der Waals surface area contributed by atoms with Gasteiger partial charge < -0.3 is 15.2 Å². The highest BCUT2D eigenvalue weighted by Gasteiger charge is 2.42. The molecule has 26 heavy (non-hydrogen) atoms. The fourth-order valence-corrected chi connectivity index (χ4v) is 2.78. The third-order valence-electron chi connectivity index (χ3n) is 4.16. The van der Waals surface area contributed by atoms with Crippen LogP contribution in [-0.4, -0.2) is 47.6 Å². The Hall–Kier alpha value is -3.19. The number of rotatable bonds is 5. The average Bonchev–Trinajstić information content (AvgIpc) is 3.12. The van der Waals surface area contributed by atoms with E-state index in [9.17, 15) is 19.5 Å². The van der Waals surface area contributed by atoms with Gasteiger partial charge in [0, 0.05) is 13.1 Å². The van der Waals surface area contributed by atoms with Gasteiger partial charge in [-0.15, -0.1) is 0 Å². The van der Waals surface area contributed by atoms with E-state index in [0.717, 1.165) is 4.90 Å². The molecule has 7 heteroatoms. The molecule has 0 atom stereocenters. The number of esters is 1. The number of amides is 3. The van der Waals surface area contributed by atoms with Crippen LogP contribution in [0.15, 0.2) is 60.7 Å². The second-order valence-corrected chi connectivity index (χ2v) is 5.80. The van der Waals surface area contributed by atoms with E-state index in [2.05, 4.69) is 5.32 Å². The molecule has 1 heterocycles. The lowest BCUT2D eigenvalue weighted by atomic mass is 9.86. The number of hydrogen-bond donors (Lipinski definition) is 2. The van der Waals surface area contributed by atoms with E-state index in [0.29, 0.717) is 17.7 Å². The number of nitrogens with one attached hydrogen (secondary N) is 1. The van der Waals surface area contributed by atoms with Gasteiger partial charge in [0.05, 0.1) is 0 Å². The molecule has 0 aliphatic carbocycles. The third-order valence-corrected chi connectivity index (χ3v) is 4.16. The molecule has 3 amide bonds. The first kappa shape index (κ1) is 17.6. The number of carbonyl (C=O) groups excluding carboxylic acids is 3. The molecular weight excluding hydrogens is 336 g/mol. The molecule has 1 saturated heterocycles. The average molecular weight is 354 g/mol. The molecule has 2 aromatic carbocycles. The van der Waals surface area contributed by atoms with E-state index in [1.807, 2.05) is 0 Å². The maximum atomic E-state index is 12.7. The Kier molecular flexibility index (Phi) is 4.99. The first-order chi connectivity index (χ1) is 12.5. The van der Waals surface area contributed by atoms with Crippen molar-refractivity contribution in [3.8, 4) is 0 Å². The second kappa shape index (κ2) is 7.37. The highest BCUT2D eigenvalue weighted by molar-refractivity contribution is 5.97. The molecule has 1 aliphatic rings. The Labute approximate surface area is 150 Å². The van der Waals surface area contributed by atoms with Gasteiger partial charge in [-0.05, 0) is 11.1 Å². The normalized spacial score (nSPS) is 14.0. The van der Waals surface area contributed by atoms with Gasteiger partial charge in [-0.3, -0.25) is 9.69 Å². The third kappa shape index (κ3) is 3.29. The van der Waals surface area contributed by atoms with Crippen LogP contribution in [0.25, 0.3) is 0 Å². The summed E-state index contributed by atoms with van der Waals surface area (Å²) in [6.45, 7) is -0.0540. The summed E-state index contributed by atoms with van der Waals surface area (Å²) in [6.07, 6.45) is 0. The summed E-state index contributed by atoms with van der Waals surface area (Å²) >= 11 is 0. The Morgan fingerprint density at radius 3 is 2.04 bits per heavy atom. The predicted octanol–water partition coefficient (Wildman–Crippen LogP) is 1.02. The van der Waals surface area contributed by atoms with E-state index in [1.165, 1.54) is 0 Å². The highest BCUT2D eigenvalue weighted by atomic mass is 16.6. The quantitative estimate of drug-likeness (QED) is 0.782. The van der Waals surface area contributed by atoms with E-state index >= 15 is 0 Å². The Morgan fingerprint density at radius 1 is 1.04 bits per heavy atom. The van der Waals surface area contributed by atoms with Crippen molar-refractivity contribution in [1.29, 1.82) is 0 Å². The second-order valence-electron chi connectivity index (χ2n) is 5.80. The Bertz CT molecular complexity index is 768. The van der Waals surface area contributed by atoms with Crippen LogP contribution < -0.4 is 5.32 Å². The number of ether oxygens (including phenoxy) is 1. The molecule has 0 saturated carbocycles. The van der Waals surface area contributed by atoms with E-state index in [-0.39, 0.29) is 6.54 Å². The fraction of sp³-hybridized carbons (Fsp3) is 0.211. The van der Waals surface area contributed by atoms with Crippen LogP contribution >= 0.6 is 0 Å². The summed E-state index contributed by atoms with van der Waals surface area (Å²) in [5.74, 6) is -1.63. The van der Waals surface area contributed by atoms with Crippen molar-refractivity contribution < 1.29 is 24.2 Å². The van der Waals surface area contributed by atoms with Crippen molar-refractivity contribution in [2.45, 2.75) is 5.60 Å². The van der Waals surface area contributed by atoms with Crippen LogP contribution in [0.2, 0.25) is 0 Å². The molecule has 2 N–H and O–H groups in total. The van der Waals surface area contributed by atoms with Gasteiger partial charge in [-0.25, -0.2) is 9.59 Å². The number of benzene rings is 2. The van der Waals surface area contributed by atoms with Crippen LogP contribution in [0.1, 0.15) is 11.1 Å². The molecule has 0 radical (unpaired) electrons. The lowest BCUT2D eigenvalue weighted by Gasteiger charge is -2.27. The van der Waals surface area contributed by atoms with Crippen LogP contribution in [0.3, 0.4) is 0 Å². The maximum Gasteiger partial charge on any atom is 0.348 e. The zero-order valence-corrected chi connectivity index (χ0v) is 13.9. The number of urea groups is 1. The largest absolute Gasteiger partial charge is 0.453 e. The number of hydrogen-bond acceptors (Lipinski definition) is 5. The van der Waals surface area contributed by atoms with E-state index in [1.54, 1.807) is 60.7 Å². The van der Waals surface area contributed by atoms with Crippen LogP contribution in [-0.2, 0) is 19.9 Å². The summed E-state index contributed by atoms with van der Waals surface area (Å²) in [4.78, 5) is 37.3. The molecule has 1 aliphatic heterocycles. The molecule has 3 rings (SSSR count). The standard InChI is InChI=1S/C19H18N2O5/c22-16(21-12-11-20-18(21)24)13-26-17(23)19(25,14-7-3-1-4-8-14)15-9-5-2-6-10-15/h1-10,25H,11-13H2,(H,20,24). The van der Waals surface area contributed by atoms with Gasteiger partial charge in [-0.2, -0.15) is 0 Å². The van der Waals surface area contributed by atoms with Crippen molar-refractivity contribution in [2.24, 2.45) is 0 Å². The van der Waals surface area contributed by atoms with Crippen molar-refractivity contribution in [1.82, 2.24) is 10.2 Å². The van der Waals surface area contributed by atoms with E-state index < -0.39 is 30.1 Å². The molecule has 0 aromatic heterocycles. The number of carbonyl (C=O) groups is 3. The first-order valence-corrected chi connectivity index (χ1v) is 8.12. The first-order valence-electron chi connectivity index (χ1n) is 8.12. The van der Waals surface area contributed by atoms with Gasteiger partial charge >= 0.3 is 12.0 Å². The molecular formula is C19H18N2O5. The fourth-order valence-electron chi connectivity index (χ4n) is 2.78. The Balaban J connectivity index is 1.82. The Morgan fingerprint density at radius 2 is 1.58 bits per heavy atom. The minimum atomic E-state index is -2.06. The summed E-state index contributed by atoms with van der Waals surface area (Å²) < 4.78 is 5.08. The van der Waals surface area contributed by atoms with Gasteiger partial charge in [-0.1, -0.05) is 60.7 Å². The van der Waals surface area contributed by atoms with Crippen LogP contribution in [0.5, 0.6) is 0 Å². The van der Waals surface area contributed by atoms with Gasteiger partial charge in [0.1, 0.15) is 0 Å². The topological polar surface area (TPSA) is 95.9 Å². The van der Waals surface area contributed by atoms with Crippen molar-refractivity contribution in [3.05, 3.63) is 71.8 Å². The van der Waals surface area contributed by atoms with Crippen LogP contribution in [0.4, 0.5) is 4.79 Å². The lowest BCUT2D eigenvalue weighted by Crippen LogP contribution is -2.42. The smallest absolute Gasteiger partial charge is 0.348 e. The SMILES string of the molecule is O=C(COC(=O)C(O)(c1ccccc1)c1ccccc1)N1CCNC1=O. The van der Waals surface area contributed by atoms with Crippen molar-refractivity contribution in [2.75, 3.05) is 19.7 Å². The zero-order valence-electron chi connectivity index (χ0n) is 13.9. The van der Waals surface area contributed by atoms with Crippen molar-refractivity contribution in [3.63, 3.8) is 0 Å². The molecule has 0 unspecified atom stereocenters. The van der Waals surface area contributed by atoms with Crippen molar-refractivity contribution >= 4 is 17.9 Å². The molecule has 2 aromatic rings.